The molecule has 5 heteroatoms. The molecule has 1 rings (SSSR count). The van der Waals surface area contributed by atoms with Crippen LogP contribution in [-0.4, -0.2) is 5.11 Å². The topological polar surface area (TPSA) is 72.3 Å². The van der Waals surface area contributed by atoms with Gasteiger partial charge in [0.25, 0.3) is 0 Å². The van der Waals surface area contributed by atoms with Gasteiger partial charge >= 0.3 is 0 Å². The predicted octanol–water partition coefficient (Wildman–Crippen LogP) is 1.70. The Kier molecular flexibility index (Phi) is 2.73. The molecule has 0 saturated heterocycles. The van der Waals surface area contributed by atoms with Gasteiger partial charge in [-0.2, -0.15) is 0 Å². The van der Waals surface area contributed by atoms with E-state index in [2.05, 4.69) is 0 Å². The highest BCUT2D eigenvalue weighted by Gasteiger charge is 2.18. The van der Waals surface area contributed by atoms with Crippen molar-refractivity contribution < 1.29 is 5.11 Å². The average Bonchev–Trinajstić information content (AvgIpc) is 1.97. The van der Waals surface area contributed by atoms with Gasteiger partial charge in [0.05, 0.1) is 15.7 Å². The van der Waals surface area contributed by atoms with Crippen molar-refractivity contribution >= 4 is 28.9 Å². The summed E-state index contributed by atoms with van der Waals surface area (Å²) in [5.41, 5.74) is 10.2. The summed E-state index contributed by atoms with van der Waals surface area (Å²) in [6, 6.07) is 2.98. The Bertz CT molecular complexity index is 310. The molecule has 1 atom stereocenters. The van der Waals surface area contributed by atoms with Gasteiger partial charge in [0, 0.05) is 5.56 Å². The maximum atomic E-state index is 9.45. The lowest BCUT2D eigenvalue weighted by Gasteiger charge is -2.18. The van der Waals surface area contributed by atoms with E-state index in [4.69, 9.17) is 34.7 Å². The van der Waals surface area contributed by atoms with E-state index >= 15 is 0 Å². The minimum Gasteiger partial charge on any atom is -0.396 e. The van der Waals surface area contributed by atoms with Crippen LogP contribution in [0, 0.1) is 0 Å². The highest BCUT2D eigenvalue weighted by Crippen LogP contribution is 2.31. The molecule has 0 aromatic heterocycles. The number of hydrogen-bond acceptors (Lipinski definition) is 3. The third kappa shape index (κ3) is 2.25. The molecular weight excluding hydrogens is 211 g/mol. The molecule has 3 nitrogen and oxygen atoms in total. The second-order valence-electron chi connectivity index (χ2n) is 3.00. The summed E-state index contributed by atoms with van der Waals surface area (Å²) >= 11 is 11.5. The van der Waals surface area contributed by atoms with Gasteiger partial charge in [0.2, 0.25) is 0 Å². The second-order valence-corrected chi connectivity index (χ2v) is 3.82. The standard InChI is InChI=1S/C8H10Cl2N2O/c1-8(12,13)4-2-5(9)7(11)6(10)3-4/h2-3,13H,11-12H2,1H3. The molecule has 0 aliphatic carbocycles. The van der Waals surface area contributed by atoms with Crippen LogP contribution in [0.3, 0.4) is 0 Å². The number of rotatable bonds is 1. The molecular formula is C8H10Cl2N2O. The minimum atomic E-state index is -1.46. The number of aliphatic hydroxyl groups is 1. The van der Waals surface area contributed by atoms with Gasteiger partial charge in [-0.15, -0.1) is 0 Å². The molecule has 0 saturated carbocycles. The SMILES string of the molecule is CC(N)(O)c1cc(Cl)c(N)c(Cl)c1. The van der Waals surface area contributed by atoms with Gasteiger partial charge in [0.15, 0.2) is 0 Å². The zero-order valence-corrected chi connectivity index (χ0v) is 8.52. The minimum absolute atomic E-state index is 0.285. The van der Waals surface area contributed by atoms with E-state index in [-0.39, 0.29) is 15.7 Å². The summed E-state index contributed by atoms with van der Waals surface area (Å²) in [5.74, 6) is 0. The Labute approximate surface area is 86.2 Å². The summed E-state index contributed by atoms with van der Waals surface area (Å²) in [4.78, 5) is 0. The Balaban J connectivity index is 3.29. The summed E-state index contributed by atoms with van der Waals surface area (Å²) in [6.07, 6.45) is 0. The molecule has 13 heavy (non-hydrogen) atoms. The van der Waals surface area contributed by atoms with Crippen LogP contribution in [0.5, 0.6) is 0 Å². The van der Waals surface area contributed by atoms with E-state index in [9.17, 15) is 5.11 Å². The fraction of sp³-hybridized carbons (Fsp3) is 0.250. The Morgan fingerprint density at radius 3 is 2.00 bits per heavy atom. The Hall–Kier alpha value is -0.480. The van der Waals surface area contributed by atoms with Crippen LogP contribution in [0.4, 0.5) is 5.69 Å². The van der Waals surface area contributed by atoms with Crippen molar-refractivity contribution in [2.24, 2.45) is 5.73 Å². The zero-order valence-electron chi connectivity index (χ0n) is 7.01. The maximum Gasteiger partial charge on any atom is 0.136 e. The molecule has 0 heterocycles. The van der Waals surface area contributed by atoms with Crippen LogP contribution >= 0.6 is 23.2 Å². The first-order valence-electron chi connectivity index (χ1n) is 3.58. The number of nitrogen functional groups attached to an aromatic ring is 1. The van der Waals surface area contributed by atoms with Crippen molar-refractivity contribution in [3.8, 4) is 0 Å². The van der Waals surface area contributed by atoms with Crippen LogP contribution < -0.4 is 11.5 Å². The van der Waals surface area contributed by atoms with Gasteiger partial charge in [-0.1, -0.05) is 23.2 Å². The molecule has 1 aromatic carbocycles. The van der Waals surface area contributed by atoms with Gasteiger partial charge in [0.1, 0.15) is 5.72 Å². The number of anilines is 1. The lowest BCUT2D eigenvalue weighted by Crippen LogP contribution is -2.32. The smallest absolute Gasteiger partial charge is 0.136 e. The lowest BCUT2D eigenvalue weighted by atomic mass is 10.1. The van der Waals surface area contributed by atoms with Gasteiger partial charge in [-0.25, -0.2) is 0 Å². The number of nitrogens with two attached hydrogens (primary N) is 2. The van der Waals surface area contributed by atoms with E-state index in [1.807, 2.05) is 0 Å². The molecule has 0 fully saturated rings. The lowest BCUT2D eigenvalue weighted by molar-refractivity contribution is 0.0647. The quantitative estimate of drug-likeness (QED) is 0.499. The molecule has 0 amide bonds. The fourth-order valence-corrected chi connectivity index (χ4v) is 1.36. The van der Waals surface area contributed by atoms with Gasteiger partial charge in [-0.3, -0.25) is 0 Å². The Morgan fingerprint density at radius 2 is 1.69 bits per heavy atom. The molecule has 0 aliphatic rings. The van der Waals surface area contributed by atoms with E-state index in [0.29, 0.717) is 5.56 Å². The Morgan fingerprint density at radius 1 is 1.31 bits per heavy atom. The number of benzene rings is 1. The van der Waals surface area contributed by atoms with Crippen molar-refractivity contribution in [1.29, 1.82) is 0 Å². The zero-order chi connectivity index (χ0) is 10.2. The molecule has 5 N–H and O–H groups in total. The molecule has 72 valence electrons. The summed E-state index contributed by atoms with van der Waals surface area (Å²) in [5, 5.41) is 10.0. The van der Waals surface area contributed by atoms with E-state index in [1.54, 1.807) is 0 Å². The molecule has 0 spiro atoms. The molecule has 0 radical (unpaired) electrons. The molecule has 1 unspecified atom stereocenters. The second kappa shape index (κ2) is 3.35. The van der Waals surface area contributed by atoms with Gasteiger partial charge < -0.3 is 16.6 Å². The first-order valence-corrected chi connectivity index (χ1v) is 4.34. The third-order valence-corrected chi connectivity index (χ3v) is 2.29. The molecule has 0 aliphatic heterocycles. The number of halogens is 2. The van der Waals surface area contributed by atoms with E-state index in [1.165, 1.54) is 19.1 Å². The van der Waals surface area contributed by atoms with Crippen LogP contribution in [0.2, 0.25) is 10.0 Å². The maximum absolute atomic E-state index is 9.45. The fourth-order valence-electron chi connectivity index (χ4n) is 0.877. The van der Waals surface area contributed by atoms with Crippen LogP contribution in [0.15, 0.2) is 12.1 Å². The third-order valence-electron chi connectivity index (χ3n) is 1.66. The average molecular weight is 221 g/mol. The summed E-state index contributed by atoms with van der Waals surface area (Å²) in [7, 11) is 0. The van der Waals surface area contributed by atoms with E-state index < -0.39 is 5.72 Å². The predicted molar refractivity (Wildman–Crippen MR) is 54.6 cm³/mol. The highest BCUT2D eigenvalue weighted by molar-refractivity contribution is 6.38. The first kappa shape index (κ1) is 10.6. The highest BCUT2D eigenvalue weighted by atomic mass is 35.5. The summed E-state index contributed by atoms with van der Waals surface area (Å²) < 4.78 is 0. The largest absolute Gasteiger partial charge is 0.396 e. The van der Waals surface area contributed by atoms with Crippen molar-refractivity contribution in [3.63, 3.8) is 0 Å². The van der Waals surface area contributed by atoms with Crippen molar-refractivity contribution in [3.05, 3.63) is 27.7 Å². The molecule has 0 bridgehead atoms. The van der Waals surface area contributed by atoms with Crippen molar-refractivity contribution in [1.82, 2.24) is 0 Å². The van der Waals surface area contributed by atoms with Crippen LogP contribution in [0.1, 0.15) is 12.5 Å². The van der Waals surface area contributed by atoms with Crippen molar-refractivity contribution in [2.75, 3.05) is 5.73 Å². The summed E-state index contributed by atoms with van der Waals surface area (Å²) in [6.45, 7) is 1.44. The van der Waals surface area contributed by atoms with Crippen LogP contribution in [-0.2, 0) is 5.72 Å². The number of hydrogen-bond donors (Lipinski definition) is 3. The monoisotopic (exact) mass is 220 g/mol. The van der Waals surface area contributed by atoms with Crippen LogP contribution in [0.25, 0.3) is 0 Å². The normalized spacial score (nSPS) is 15.5. The van der Waals surface area contributed by atoms with E-state index in [0.717, 1.165) is 0 Å². The van der Waals surface area contributed by atoms with Crippen molar-refractivity contribution in [2.45, 2.75) is 12.6 Å². The molecule has 1 aromatic rings. The van der Waals surface area contributed by atoms with Gasteiger partial charge in [-0.05, 0) is 19.1 Å². The first-order chi connectivity index (χ1) is 5.82.